The van der Waals surface area contributed by atoms with E-state index in [1.54, 1.807) is 23.1 Å². The third kappa shape index (κ3) is 2.06. The molecule has 0 bridgehead atoms. The lowest BCUT2D eigenvalue weighted by molar-refractivity contribution is 0.211. The molecule has 3 heterocycles. The molecule has 20 heavy (non-hydrogen) atoms. The van der Waals surface area contributed by atoms with Crippen LogP contribution in [0.3, 0.4) is 0 Å². The van der Waals surface area contributed by atoms with Crippen LogP contribution >= 0.6 is 34.7 Å². The third-order valence-corrected chi connectivity index (χ3v) is 5.30. The molecular weight excluding hydrogens is 312 g/mol. The van der Waals surface area contributed by atoms with Crippen molar-refractivity contribution >= 4 is 44.9 Å². The molecule has 0 N–H and O–H groups in total. The van der Waals surface area contributed by atoms with Crippen LogP contribution in [-0.2, 0) is 0 Å². The van der Waals surface area contributed by atoms with E-state index in [1.807, 2.05) is 29.6 Å². The first-order valence-electron chi connectivity index (χ1n) is 6.10. The van der Waals surface area contributed by atoms with E-state index >= 15 is 0 Å². The number of rotatable bonds is 1. The van der Waals surface area contributed by atoms with Gasteiger partial charge in [0.05, 0.1) is 0 Å². The largest absolute Gasteiger partial charge is 0.480 e. The lowest BCUT2D eigenvalue weighted by atomic mass is 10.3. The molecule has 100 valence electrons. The summed E-state index contributed by atoms with van der Waals surface area (Å²) in [6, 6.07) is 9.96. The summed E-state index contributed by atoms with van der Waals surface area (Å²) in [6.45, 7) is 0. The number of halogens is 1. The topological polar surface area (TPSA) is 35.0 Å². The van der Waals surface area contributed by atoms with Gasteiger partial charge in [-0.25, -0.2) is 9.97 Å². The second-order valence-electron chi connectivity index (χ2n) is 4.38. The molecule has 6 heteroatoms. The van der Waals surface area contributed by atoms with Crippen LogP contribution in [0.5, 0.6) is 5.75 Å². The van der Waals surface area contributed by atoms with Gasteiger partial charge in [-0.15, -0.1) is 23.1 Å². The minimum Gasteiger partial charge on any atom is -0.480 e. The van der Waals surface area contributed by atoms with E-state index in [0.717, 1.165) is 26.6 Å². The fraction of sp³-hybridized carbons (Fsp3) is 0.143. The first-order chi connectivity index (χ1) is 9.81. The Kier molecular flexibility index (Phi) is 3.06. The van der Waals surface area contributed by atoms with Crippen molar-refractivity contribution in [3.05, 3.63) is 46.7 Å². The van der Waals surface area contributed by atoms with Gasteiger partial charge >= 0.3 is 0 Å². The molecule has 2 aromatic heterocycles. The molecular formula is C14H9ClN2OS2. The number of hydrogen-bond donors (Lipinski definition) is 0. The van der Waals surface area contributed by atoms with Crippen LogP contribution < -0.4 is 4.74 Å². The first kappa shape index (κ1) is 12.4. The zero-order valence-corrected chi connectivity index (χ0v) is 12.6. The second kappa shape index (κ2) is 4.91. The molecule has 3 nitrogen and oxygen atoms in total. The molecule has 1 aliphatic heterocycles. The van der Waals surface area contributed by atoms with E-state index in [2.05, 4.69) is 16.0 Å². The lowest BCUT2D eigenvalue weighted by Gasteiger charge is -2.24. The Labute approximate surface area is 129 Å². The number of hydrogen-bond acceptors (Lipinski definition) is 5. The number of para-hydroxylation sites is 1. The summed E-state index contributed by atoms with van der Waals surface area (Å²) < 4.78 is 6.00. The number of fused-ring (bicyclic) bond motifs is 2. The van der Waals surface area contributed by atoms with Gasteiger partial charge in [0.1, 0.15) is 15.7 Å². The number of nitrogens with zero attached hydrogens (tertiary/aromatic N) is 2. The quantitative estimate of drug-likeness (QED) is 0.615. The number of benzene rings is 1. The van der Waals surface area contributed by atoms with E-state index in [-0.39, 0.29) is 6.10 Å². The SMILES string of the molecule is Clc1nc(C2CSc3ccccc3O2)nc2sccc12. The Bertz CT molecular complexity index is 790. The minimum atomic E-state index is -0.154. The molecule has 0 aliphatic carbocycles. The maximum atomic E-state index is 6.22. The van der Waals surface area contributed by atoms with Crippen molar-refractivity contribution in [3.8, 4) is 5.75 Å². The predicted molar refractivity (Wildman–Crippen MR) is 83.0 cm³/mol. The number of aromatic nitrogens is 2. The monoisotopic (exact) mass is 320 g/mol. The fourth-order valence-electron chi connectivity index (χ4n) is 2.13. The first-order valence-corrected chi connectivity index (χ1v) is 8.35. The van der Waals surface area contributed by atoms with E-state index in [0.29, 0.717) is 11.0 Å². The molecule has 0 radical (unpaired) electrons. The van der Waals surface area contributed by atoms with E-state index in [9.17, 15) is 0 Å². The lowest BCUT2D eigenvalue weighted by Crippen LogP contribution is -2.17. The Hall–Kier alpha value is -1.30. The van der Waals surface area contributed by atoms with Crippen LogP contribution in [-0.4, -0.2) is 15.7 Å². The molecule has 0 fully saturated rings. The van der Waals surface area contributed by atoms with Crippen LogP contribution in [0.1, 0.15) is 11.9 Å². The zero-order chi connectivity index (χ0) is 13.5. The maximum absolute atomic E-state index is 6.22. The van der Waals surface area contributed by atoms with Crippen molar-refractivity contribution in [1.82, 2.24) is 9.97 Å². The zero-order valence-electron chi connectivity index (χ0n) is 10.2. The van der Waals surface area contributed by atoms with Gasteiger partial charge in [0.15, 0.2) is 11.9 Å². The summed E-state index contributed by atoms with van der Waals surface area (Å²) in [5, 5.41) is 3.38. The van der Waals surface area contributed by atoms with Gasteiger partial charge in [0, 0.05) is 16.0 Å². The summed E-state index contributed by atoms with van der Waals surface area (Å²) >= 11 is 9.54. The van der Waals surface area contributed by atoms with E-state index in [1.165, 1.54) is 0 Å². The molecule has 1 aromatic carbocycles. The van der Waals surface area contributed by atoms with E-state index in [4.69, 9.17) is 16.3 Å². The van der Waals surface area contributed by atoms with Crippen molar-refractivity contribution in [1.29, 1.82) is 0 Å². The van der Waals surface area contributed by atoms with Gasteiger partial charge in [-0.3, -0.25) is 0 Å². The summed E-state index contributed by atoms with van der Waals surface area (Å²) in [6.07, 6.45) is -0.154. The van der Waals surface area contributed by atoms with Crippen LogP contribution in [0.4, 0.5) is 0 Å². The number of thioether (sulfide) groups is 1. The predicted octanol–water partition coefficient (Wildman–Crippen LogP) is 4.57. The van der Waals surface area contributed by atoms with Gasteiger partial charge < -0.3 is 4.74 Å². The molecule has 1 aliphatic rings. The molecule has 0 spiro atoms. The Balaban J connectivity index is 1.74. The number of thiophene rings is 1. The normalized spacial score (nSPS) is 17.8. The van der Waals surface area contributed by atoms with E-state index < -0.39 is 0 Å². The summed E-state index contributed by atoms with van der Waals surface area (Å²) in [5.74, 6) is 2.34. The average Bonchev–Trinajstić information content (AvgIpc) is 2.96. The minimum absolute atomic E-state index is 0.154. The van der Waals surface area contributed by atoms with Crippen LogP contribution in [0.25, 0.3) is 10.2 Å². The van der Waals surface area contributed by atoms with Gasteiger partial charge in [-0.05, 0) is 23.6 Å². The van der Waals surface area contributed by atoms with Gasteiger partial charge in [-0.1, -0.05) is 23.7 Å². The fourth-order valence-corrected chi connectivity index (χ4v) is 4.17. The van der Waals surface area contributed by atoms with Crippen LogP contribution in [0, 0.1) is 0 Å². The molecule has 1 atom stereocenters. The highest BCUT2D eigenvalue weighted by Crippen LogP contribution is 2.40. The molecule has 0 amide bonds. The van der Waals surface area contributed by atoms with Crippen molar-refractivity contribution in [2.75, 3.05) is 5.75 Å². The van der Waals surface area contributed by atoms with Crippen molar-refractivity contribution in [2.24, 2.45) is 0 Å². The van der Waals surface area contributed by atoms with Crippen molar-refractivity contribution in [2.45, 2.75) is 11.0 Å². The highest BCUT2D eigenvalue weighted by molar-refractivity contribution is 7.99. The summed E-state index contributed by atoms with van der Waals surface area (Å²) in [4.78, 5) is 11.0. The third-order valence-electron chi connectivity index (χ3n) is 3.09. The second-order valence-corrected chi connectivity index (χ2v) is 6.69. The average molecular weight is 321 g/mol. The molecule has 1 unspecified atom stereocenters. The highest BCUT2D eigenvalue weighted by Gasteiger charge is 2.25. The molecule has 0 saturated carbocycles. The Morgan fingerprint density at radius 3 is 3.05 bits per heavy atom. The van der Waals surface area contributed by atoms with Gasteiger partial charge in [0.25, 0.3) is 0 Å². The van der Waals surface area contributed by atoms with Crippen LogP contribution in [0.2, 0.25) is 5.15 Å². The summed E-state index contributed by atoms with van der Waals surface area (Å²) in [5.41, 5.74) is 0. The maximum Gasteiger partial charge on any atom is 0.173 e. The summed E-state index contributed by atoms with van der Waals surface area (Å²) in [7, 11) is 0. The Morgan fingerprint density at radius 2 is 2.10 bits per heavy atom. The van der Waals surface area contributed by atoms with Gasteiger partial charge in [0.2, 0.25) is 0 Å². The highest BCUT2D eigenvalue weighted by atomic mass is 35.5. The molecule has 4 rings (SSSR count). The van der Waals surface area contributed by atoms with Crippen molar-refractivity contribution in [3.63, 3.8) is 0 Å². The van der Waals surface area contributed by atoms with Gasteiger partial charge in [-0.2, -0.15) is 0 Å². The smallest absolute Gasteiger partial charge is 0.173 e. The van der Waals surface area contributed by atoms with Crippen LogP contribution in [0.15, 0.2) is 40.6 Å². The number of ether oxygens (including phenoxy) is 1. The standard InChI is InChI=1S/C14H9ClN2OS2/c15-12-8-5-6-19-14(8)17-13(16-12)10-7-20-11-4-2-1-3-9(11)18-10/h1-6,10H,7H2. The molecule has 0 saturated heterocycles. The Morgan fingerprint density at radius 1 is 1.20 bits per heavy atom. The molecule has 3 aromatic rings. The van der Waals surface area contributed by atoms with Crippen molar-refractivity contribution < 1.29 is 4.74 Å².